The Labute approximate surface area is 77.5 Å². The molecule has 0 saturated carbocycles. The summed E-state index contributed by atoms with van der Waals surface area (Å²) < 4.78 is 5.88. The van der Waals surface area contributed by atoms with Crippen LogP contribution in [0.2, 0.25) is 0 Å². The molecule has 0 aliphatic rings. The number of ether oxygens (including phenoxy) is 1. The monoisotopic (exact) mass is 172 g/mol. The predicted molar refractivity (Wildman–Crippen MR) is 54.4 cm³/mol. The van der Waals surface area contributed by atoms with E-state index >= 15 is 0 Å². The predicted octanol–water partition coefficient (Wildman–Crippen LogP) is 3.77. The lowest BCUT2D eigenvalue weighted by Crippen LogP contribution is -2.19. The molecule has 0 aromatic heterocycles. The minimum atomic E-state index is 0.438. The molecular weight excluding hydrogens is 148 g/mol. The van der Waals surface area contributed by atoms with Crippen LogP contribution in [0.1, 0.15) is 59.8 Å². The van der Waals surface area contributed by atoms with Crippen LogP contribution in [0.4, 0.5) is 0 Å². The van der Waals surface area contributed by atoms with Gasteiger partial charge in [-0.2, -0.15) is 0 Å². The fourth-order valence-corrected chi connectivity index (χ4v) is 1.35. The van der Waals surface area contributed by atoms with Crippen LogP contribution in [-0.2, 0) is 4.74 Å². The van der Waals surface area contributed by atoms with E-state index in [9.17, 15) is 0 Å². The van der Waals surface area contributed by atoms with E-state index in [0.717, 1.165) is 6.42 Å². The minimum absolute atomic E-state index is 0.438. The molecule has 0 rings (SSSR count). The van der Waals surface area contributed by atoms with Gasteiger partial charge in [-0.1, -0.05) is 33.6 Å². The lowest BCUT2D eigenvalue weighted by molar-refractivity contribution is -0.0129. The van der Waals surface area contributed by atoms with Gasteiger partial charge in [-0.15, -0.1) is 0 Å². The van der Waals surface area contributed by atoms with Crippen LogP contribution in [0.25, 0.3) is 0 Å². The summed E-state index contributed by atoms with van der Waals surface area (Å²) in [4.78, 5) is 0. The van der Waals surface area contributed by atoms with E-state index in [1.807, 2.05) is 0 Å². The first-order chi connectivity index (χ1) is 5.74. The topological polar surface area (TPSA) is 9.23 Å². The molecule has 74 valence electrons. The standard InChI is InChI=1S/C11H24O/c1-5-8-11(9-6-2)12-10(4)7-3/h10-11H,5-9H2,1-4H3. The maximum atomic E-state index is 5.88. The maximum absolute atomic E-state index is 5.88. The van der Waals surface area contributed by atoms with Crippen molar-refractivity contribution >= 4 is 0 Å². The lowest BCUT2D eigenvalue weighted by Gasteiger charge is -2.20. The smallest absolute Gasteiger partial charge is 0.0578 e. The van der Waals surface area contributed by atoms with E-state index in [4.69, 9.17) is 4.74 Å². The van der Waals surface area contributed by atoms with E-state index in [2.05, 4.69) is 27.7 Å². The van der Waals surface area contributed by atoms with Gasteiger partial charge in [0, 0.05) is 0 Å². The number of hydrogen-bond donors (Lipinski definition) is 0. The van der Waals surface area contributed by atoms with Gasteiger partial charge in [0.15, 0.2) is 0 Å². The van der Waals surface area contributed by atoms with Gasteiger partial charge in [-0.05, 0) is 26.2 Å². The van der Waals surface area contributed by atoms with Gasteiger partial charge in [0.05, 0.1) is 12.2 Å². The van der Waals surface area contributed by atoms with Gasteiger partial charge < -0.3 is 4.74 Å². The second-order valence-corrected chi connectivity index (χ2v) is 3.55. The van der Waals surface area contributed by atoms with Crippen LogP contribution in [0, 0.1) is 0 Å². The molecular formula is C11H24O. The average Bonchev–Trinajstić information content (AvgIpc) is 2.05. The Morgan fingerprint density at radius 2 is 1.50 bits per heavy atom. The molecule has 1 nitrogen and oxygen atoms in total. The number of hydrogen-bond acceptors (Lipinski definition) is 1. The maximum Gasteiger partial charge on any atom is 0.0578 e. The van der Waals surface area contributed by atoms with Gasteiger partial charge in [0.2, 0.25) is 0 Å². The Bertz CT molecular complexity index is 85.0. The summed E-state index contributed by atoms with van der Waals surface area (Å²) in [6.07, 6.45) is 6.99. The molecule has 0 bridgehead atoms. The summed E-state index contributed by atoms with van der Waals surface area (Å²) in [5.74, 6) is 0. The third-order valence-electron chi connectivity index (χ3n) is 2.22. The van der Waals surface area contributed by atoms with Crippen molar-refractivity contribution in [1.82, 2.24) is 0 Å². The summed E-state index contributed by atoms with van der Waals surface area (Å²) in [6.45, 7) is 8.79. The molecule has 0 aliphatic carbocycles. The normalized spacial score (nSPS) is 13.8. The van der Waals surface area contributed by atoms with Crippen molar-refractivity contribution in [3.05, 3.63) is 0 Å². The quantitative estimate of drug-likeness (QED) is 0.568. The van der Waals surface area contributed by atoms with Crippen LogP contribution in [0.5, 0.6) is 0 Å². The van der Waals surface area contributed by atoms with E-state index in [1.165, 1.54) is 25.7 Å². The highest BCUT2D eigenvalue weighted by Crippen LogP contribution is 2.12. The Kier molecular flexibility index (Phi) is 7.58. The van der Waals surface area contributed by atoms with E-state index in [1.54, 1.807) is 0 Å². The molecule has 0 N–H and O–H groups in total. The van der Waals surface area contributed by atoms with Gasteiger partial charge in [-0.25, -0.2) is 0 Å². The second kappa shape index (κ2) is 7.60. The molecule has 0 aliphatic heterocycles. The SMILES string of the molecule is CCCC(CCC)OC(C)CC. The molecule has 0 spiro atoms. The summed E-state index contributed by atoms with van der Waals surface area (Å²) in [7, 11) is 0. The number of rotatable bonds is 7. The third kappa shape index (κ3) is 5.59. The van der Waals surface area contributed by atoms with Crippen molar-refractivity contribution in [3.63, 3.8) is 0 Å². The molecule has 1 atom stereocenters. The van der Waals surface area contributed by atoms with Gasteiger partial charge in [0.1, 0.15) is 0 Å². The van der Waals surface area contributed by atoms with Crippen molar-refractivity contribution in [3.8, 4) is 0 Å². The Morgan fingerprint density at radius 1 is 1.00 bits per heavy atom. The Balaban J connectivity index is 3.61. The van der Waals surface area contributed by atoms with Crippen LogP contribution in [0.3, 0.4) is 0 Å². The fourth-order valence-electron chi connectivity index (χ4n) is 1.35. The van der Waals surface area contributed by atoms with Gasteiger partial charge in [0.25, 0.3) is 0 Å². The first-order valence-corrected chi connectivity index (χ1v) is 5.39. The molecule has 0 saturated heterocycles. The summed E-state index contributed by atoms with van der Waals surface area (Å²) >= 11 is 0. The fraction of sp³-hybridized carbons (Fsp3) is 1.00. The van der Waals surface area contributed by atoms with Gasteiger partial charge in [-0.3, -0.25) is 0 Å². The third-order valence-corrected chi connectivity index (χ3v) is 2.22. The average molecular weight is 172 g/mol. The minimum Gasteiger partial charge on any atom is -0.375 e. The molecule has 0 fully saturated rings. The molecule has 1 unspecified atom stereocenters. The Hall–Kier alpha value is -0.0400. The van der Waals surface area contributed by atoms with Crippen LogP contribution in [0.15, 0.2) is 0 Å². The van der Waals surface area contributed by atoms with Crippen molar-refractivity contribution in [2.75, 3.05) is 0 Å². The molecule has 12 heavy (non-hydrogen) atoms. The van der Waals surface area contributed by atoms with Crippen molar-refractivity contribution < 1.29 is 4.74 Å². The highest BCUT2D eigenvalue weighted by Gasteiger charge is 2.09. The summed E-state index contributed by atoms with van der Waals surface area (Å²) in [5, 5.41) is 0. The van der Waals surface area contributed by atoms with Crippen LogP contribution < -0.4 is 0 Å². The second-order valence-electron chi connectivity index (χ2n) is 3.55. The molecule has 0 radical (unpaired) electrons. The Morgan fingerprint density at radius 3 is 1.83 bits per heavy atom. The first-order valence-electron chi connectivity index (χ1n) is 5.39. The van der Waals surface area contributed by atoms with Crippen molar-refractivity contribution in [1.29, 1.82) is 0 Å². The van der Waals surface area contributed by atoms with E-state index < -0.39 is 0 Å². The molecule has 0 aromatic carbocycles. The summed E-state index contributed by atoms with van der Waals surface area (Å²) in [5.41, 5.74) is 0. The molecule has 0 aromatic rings. The van der Waals surface area contributed by atoms with Crippen molar-refractivity contribution in [2.45, 2.75) is 72.0 Å². The first kappa shape index (κ1) is 12.0. The lowest BCUT2D eigenvalue weighted by atomic mass is 10.1. The largest absolute Gasteiger partial charge is 0.375 e. The van der Waals surface area contributed by atoms with Crippen LogP contribution >= 0.6 is 0 Å². The van der Waals surface area contributed by atoms with Crippen LogP contribution in [-0.4, -0.2) is 12.2 Å². The molecule has 0 heterocycles. The molecule has 0 amide bonds. The zero-order chi connectivity index (χ0) is 9.40. The highest BCUT2D eigenvalue weighted by molar-refractivity contribution is 4.59. The zero-order valence-electron chi connectivity index (χ0n) is 9.10. The molecule has 1 heteroatoms. The van der Waals surface area contributed by atoms with Crippen molar-refractivity contribution in [2.24, 2.45) is 0 Å². The summed E-state index contributed by atoms with van der Waals surface area (Å²) in [6, 6.07) is 0. The zero-order valence-corrected chi connectivity index (χ0v) is 9.10. The van der Waals surface area contributed by atoms with Gasteiger partial charge >= 0.3 is 0 Å². The van der Waals surface area contributed by atoms with E-state index in [0.29, 0.717) is 12.2 Å². The van der Waals surface area contributed by atoms with E-state index in [-0.39, 0.29) is 0 Å². The highest BCUT2D eigenvalue weighted by atomic mass is 16.5.